The fraction of sp³-hybridized carbons (Fsp3) is 0.667. The van der Waals surface area contributed by atoms with Gasteiger partial charge < -0.3 is 18.9 Å². The Balaban J connectivity index is 1.64. The normalized spacial score (nSPS) is 21.5. The molecule has 1 aromatic carbocycles. The Hall–Kier alpha value is -1.26. The third kappa shape index (κ3) is 5.85. The summed E-state index contributed by atoms with van der Waals surface area (Å²) in [7, 11) is 0. The second-order valence-corrected chi connectivity index (χ2v) is 5.62. The summed E-state index contributed by atoms with van der Waals surface area (Å²) in [5, 5.41) is 0. The molecule has 0 bridgehead atoms. The van der Waals surface area contributed by atoms with Crippen LogP contribution in [0.2, 0.25) is 0 Å². The van der Waals surface area contributed by atoms with Crippen molar-refractivity contribution in [3.05, 3.63) is 24.3 Å². The maximum absolute atomic E-state index is 5.85. The van der Waals surface area contributed by atoms with Crippen LogP contribution in [0.15, 0.2) is 24.3 Å². The van der Waals surface area contributed by atoms with Gasteiger partial charge in [-0.25, -0.2) is 0 Å². The molecule has 1 heterocycles. The van der Waals surface area contributed by atoms with Gasteiger partial charge in [0.25, 0.3) is 0 Å². The first-order valence-electron chi connectivity index (χ1n) is 8.40. The second-order valence-electron chi connectivity index (χ2n) is 5.62. The molecule has 2 rings (SSSR count). The number of ether oxygens (including phenoxy) is 4. The lowest BCUT2D eigenvalue weighted by Crippen LogP contribution is -2.38. The summed E-state index contributed by atoms with van der Waals surface area (Å²) in [6, 6.07) is 7.67. The minimum Gasteiger partial charge on any atom is -0.494 e. The molecule has 124 valence electrons. The van der Waals surface area contributed by atoms with Crippen molar-refractivity contribution in [1.82, 2.24) is 0 Å². The fourth-order valence-corrected chi connectivity index (χ4v) is 2.46. The largest absolute Gasteiger partial charge is 0.494 e. The number of hydrogen-bond donors (Lipinski definition) is 0. The van der Waals surface area contributed by atoms with Crippen LogP contribution in [-0.4, -0.2) is 38.6 Å². The van der Waals surface area contributed by atoms with E-state index in [-0.39, 0.29) is 12.2 Å². The number of hydrogen-bond acceptors (Lipinski definition) is 4. The van der Waals surface area contributed by atoms with Crippen molar-refractivity contribution in [2.45, 2.75) is 51.7 Å². The highest BCUT2D eigenvalue weighted by Gasteiger charge is 2.22. The van der Waals surface area contributed by atoms with E-state index in [1.165, 1.54) is 19.3 Å². The molecule has 1 aliphatic rings. The van der Waals surface area contributed by atoms with Gasteiger partial charge in [-0.15, -0.1) is 0 Å². The monoisotopic (exact) mass is 308 g/mol. The van der Waals surface area contributed by atoms with Crippen molar-refractivity contribution in [2.24, 2.45) is 0 Å². The zero-order valence-corrected chi connectivity index (χ0v) is 13.8. The predicted octanol–water partition coefficient (Wildman–Crippen LogP) is 3.83. The van der Waals surface area contributed by atoms with E-state index in [9.17, 15) is 0 Å². The van der Waals surface area contributed by atoms with Crippen molar-refractivity contribution in [2.75, 3.05) is 26.4 Å². The first-order chi connectivity index (χ1) is 10.8. The van der Waals surface area contributed by atoms with Crippen molar-refractivity contribution in [3.8, 4) is 11.5 Å². The topological polar surface area (TPSA) is 36.9 Å². The average Bonchev–Trinajstić information content (AvgIpc) is 2.56. The standard InChI is InChI=1S/C18H28O4/c1-3-5-6-7-17-12-22-18(14-21-17)13-20-16-10-8-15(9-11-16)19-4-2/h8-11,17-18H,3-7,12-14H2,1-2H3. The summed E-state index contributed by atoms with van der Waals surface area (Å²) < 4.78 is 22.8. The maximum atomic E-state index is 5.85. The molecule has 1 aromatic rings. The lowest BCUT2D eigenvalue weighted by atomic mass is 10.1. The molecule has 0 aliphatic carbocycles. The molecule has 0 spiro atoms. The number of benzene rings is 1. The van der Waals surface area contributed by atoms with Crippen molar-refractivity contribution in [3.63, 3.8) is 0 Å². The third-order valence-electron chi connectivity index (χ3n) is 3.74. The summed E-state index contributed by atoms with van der Waals surface area (Å²) in [6.45, 7) is 6.68. The van der Waals surface area contributed by atoms with Gasteiger partial charge in [0.15, 0.2) is 0 Å². The van der Waals surface area contributed by atoms with Gasteiger partial charge in [-0.1, -0.05) is 26.2 Å². The van der Waals surface area contributed by atoms with Crippen molar-refractivity contribution in [1.29, 1.82) is 0 Å². The van der Waals surface area contributed by atoms with E-state index < -0.39 is 0 Å². The van der Waals surface area contributed by atoms with Crippen LogP contribution >= 0.6 is 0 Å². The van der Waals surface area contributed by atoms with E-state index in [0.717, 1.165) is 17.9 Å². The molecule has 4 nitrogen and oxygen atoms in total. The van der Waals surface area contributed by atoms with Crippen LogP contribution in [0.3, 0.4) is 0 Å². The van der Waals surface area contributed by atoms with Crippen LogP contribution in [0.25, 0.3) is 0 Å². The zero-order valence-electron chi connectivity index (χ0n) is 13.8. The van der Waals surface area contributed by atoms with Crippen molar-refractivity contribution < 1.29 is 18.9 Å². The Labute approximate surface area is 133 Å². The van der Waals surface area contributed by atoms with Gasteiger partial charge in [0, 0.05) is 0 Å². The van der Waals surface area contributed by atoms with E-state index >= 15 is 0 Å². The molecule has 22 heavy (non-hydrogen) atoms. The van der Waals surface area contributed by atoms with Gasteiger partial charge >= 0.3 is 0 Å². The Bertz CT molecular complexity index is 396. The molecule has 0 amide bonds. The van der Waals surface area contributed by atoms with Crippen LogP contribution in [0, 0.1) is 0 Å². The van der Waals surface area contributed by atoms with Gasteiger partial charge in [0.05, 0.1) is 25.9 Å². The van der Waals surface area contributed by atoms with Gasteiger partial charge in [-0.2, -0.15) is 0 Å². The SMILES string of the molecule is CCCCCC1COC(COc2ccc(OCC)cc2)CO1. The number of rotatable bonds is 9. The highest BCUT2D eigenvalue weighted by atomic mass is 16.6. The van der Waals surface area contributed by atoms with Gasteiger partial charge in [0.1, 0.15) is 24.2 Å². The summed E-state index contributed by atoms with van der Waals surface area (Å²) in [5.74, 6) is 1.69. The molecule has 0 N–H and O–H groups in total. The second kappa shape index (κ2) is 9.70. The van der Waals surface area contributed by atoms with E-state index in [0.29, 0.717) is 26.4 Å². The molecular weight excluding hydrogens is 280 g/mol. The van der Waals surface area contributed by atoms with E-state index in [1.54, 1.807) is 0 Å². The number of unbranched alkanes of at least 4 members (excludes halogenated alkanes) is 2. The first kappa shape index (κ1) is 17.1. The summed E-state index contributed by atoms with van der Waals surface area (Å²) in [5.41, 5.74) is 0. The molecule has 1 fully saturated rings. The molecule has 1 aliphatic heterocycles. The molecule has 4 heteroatoms. The predicted molar refractivity (Wildman–Crippen MR) is 86.7 cm³/mol. The van der Waals surface area contributed by atoms with Crippen LogP contribution in [-0.2, 0) is 9.47 Å². The van der Waals surface area contributed by atoms with Crippen LogP contribution in [0.1, 0.15) is 39.5 Å². The third-order valence-corrected chi connectivity index (χ3v) is 3.74. The van der Waals surface area contributed by atoms with Crippen molar-refractivity contribution >= 4 is 0 Å². The molecule has 0 aromatic heterocycles. The van der Waals surface area contributed by atoms with E-state index in [4.69, 9.17) is 18.9 Å². The van der Waals surface area contributed by atoms with Gasteiger partial charge in [-0.3, -0.25) is 0 Å². The maximum Gasteiger partial charge on any atom is 0.119 e. The molecule has 0 radical (unpaired) electrons. The minimum atomic E-state index is 0.0222. The molecule has 2 atom stereocenters. The lowest BCUT2D eigenvalue weighted by Gasteiger charge is -2.29. The van der Waals surface area contributed by atoms with Crippen LogP contribution < -0.4 is 9.47 Å². The van der Waals surface area contributed by atoms with E-state index in [2.05, 4.69) is 6.92 Å². The molecule has 1 saturated heterocycles. The van der Waals surface area contributed by atoms with Crippen LogP contribution in [0.5, 0.6) is 11.5 Å². The highest BCUT2D eigenvalue weighted by Crippen LogP contribution is 2.19. The molecular formula is C18H28O4. The van der Waals surface area contributed by atoms with Gasteiger partial charge in [0.2, 0.25) is 0 Å². The van der Waals surface area contributed by atoms with Gasteiger partial charge in [-0.05, 0) is 37.6 Å². The summed E-state index contributed by atoms with van der Waals surface area (Å²) >= 11 is 0. The Morgan fingerprint density at radius 1 is 0.909 bits per heavy atom. The quantitative estimate of drug-likeness (QED) is 0.650. The molecule has 0 saturated carbocycles. The smallest absolute Gasteiger partial charge is 0.119 e. The zero-order chi connectivity index (χ0) is 15.6. The minimum absolute atomic E-state index is 0.0222. The van der Waals surface area contributed by atoms with Crippen LogP contribution in [0.4, 0.5) is 0 Å². The fourth-order valence-electron chi connectivity index (χ4n) is 2.46. The Morgan fingerprint density at radius 2 is 1.55 bits per heavy atom. The Morgan fingerprint density at radius 3 is 2.14 bits per heavy atom. The Kier molecular flexibility index (Phi) is 7.54. The first-order valence-corrected chi connectivity index (χ1v) is 8.40. The highest BCUT2D eigenvalue weighted by molar-refractivity contribution is 5.31. The lowest BCUT2D eigenvalue weighted by molar-refractivity contribution is -0.144. The van der Waals surface area contributed by atoms with E-state index in [1.807, 2.05) is 31.2 Å². The molecule has 2 unspecified atom stereocenters. The average molecular weight is 308 g/mol. The summed E-state index contributed by atoms with van der Waals surface area (Å²) in [6.07, 6.45) is 5.11. The summed E-state index contributed by atoms with van der Waals surface area (Å²) in [4.78, 5) is 0.